The van der Waals surface area contributed by atoms with Crippen LogP contribution in [0.4, 0.5) is 0 Å². The minimum absolute atomic E-state index is 0.0523. The smallest absolute Gasteiger partial charge is 0.241 e. The van der Waals surface area contributed by atoms with E-state index in [1.165, 1.54) is 0 Å². The molecule has 0 radical (unpaired) electrons. The lowest BCUT2D eigenvalue weighted by Crippen LogP contribution is -2.48. The number of hydrazine groups is 1. The summed E-state index contributed by atoms with van der Waals surface area (Å²) in [6.45, 7) is 3.11. The second-order valence-corrected chi connectivity index (χ2v) is 7.26. The topological polar surface area (TPSA) is 56.8 Å². The van der Waals surface area contributed by atoms with Gasteiger partial charge in [-0.05, 0) is 25.1 Å². The molecule has 3 heterocycles. The van der Waals surface area contributed by atoms with Gasteiger partial charge in [0.15, 0.2) is 0 Å². The molecule has 4 rings (SSSR count). The fourth-order valence-corrected chi connectivity index (χ4v) is 4.21. The number of halogens is 1. The molecule has 3 aliphatic heterocycles. The molecular weight excluding hydrogens is 328 g/mol. The molecule has 0 spiro atoms. The summed E-state index contributed by atoms with van der Waals surface area (Å²) in [4.78, 5) is 17.1. The standard InChI is InChI=1S/C17H23ClN4O2/c1-21-6-7-24-16-10-22(9-15(16)21)17(23)14-8-13(19-20-14)11-4-2-3-5-12(11)18/h2-5,13-16,19-20H,6-10H2,1H3/t13?,14?,15-,16+/m0/s1. The van der Waals surface area contributed by atoms with Crippen molar-refractivity contribution in [3.8, 4) is 0 Å². The van der Waals surface area contributed by atoms with Gasteiger partial charge in [-0.25, -0.2) is 10.9 Å². The molecule has 0 aromatic heterocycles. The van der Waals surface area contributed by atoms with Crippen molar-refractivity contribution < 1.29 is 9.53 Å². The number of carbonyl (C=O) groups excluding carboxylic acids is 1. The summed E-state index contributed by atoms with van der Waals surface area (Å²) in [7, 11) is 2.11. The highest BCUT2D eigenvalue weighted by Gasteiger charge is 2.43. The van der Waals surface area contributed by atoms with E-state index < -0.39 is 0 Å². The van der Waals surface area contributed by atoms with Gasteiger partial charge in [0.2, 0.25) is 5.91 Å². The van der Waals surface area contributed by atoms with Crippen LogP contribution in [0.15, 0.2) is 24.3 Å². The van der Waals surface area contributed by atoms with Gasteiger partial charge in [-0.3, -0.25) is 9.69 Å². The van der Waals surface area contributed by atoms with Crippen molar-refractivity contribution in [3.05, 3.63) is 34.9 Å². The second-order valence-electron chi connectivity index (χ2n) is 6.85. The van der Waals surface area contributed by atoms with Crippen molar-refractivity contribution in [3.63, 3.8) is 0 Å². The Labute approximate surface area is 147 Å². The van der Waals surface area contributed by atoms with E-state index in [0.717, 1.165) is 30.3 Å². The number of fused-ring (bicyclic) bond motifs is 1. The molecule has 3 saturated heterocycles. The Morgan fingerprint density at radius 3 is 2.92 bits per heavy atom. The van der Waals surface area contributed by atoms with E-state index in [4.69, 9.17) is 16.3 Å². The Kier molecular flexibility index (Phi) is 4.49. The number of likely N-dealkylation sites (N-methyl/N-ethyl adjacent to an activating group) is 1. The maximum atomic E-state index is 12.9. The average molecular weight is 351 g/mol. The van der Waals surface area contributed by atoms with Crippen LogP contribution in [-0.2, 0) is 9.53 Å². The third-order valence-corrected chi connectivity index (χ3v) is 5.72. The Bertz CT molecular complexity index is 628. The first-order valence-corrected chi connectivity index (χ1v) is 8.87. The summed E-state index contributed by atoms with van der Waals surface area (Å²) in [5.74, 6) is 0.142. The summed E-state index contributed by atoms with van der Waals surface area (Å²) < 4.78 is 5.83. The van der Waals surface area contributed by atoms with Crippen molar-refractivity contribution in [2.24, 2.45) is 0 Å². The van der Waals surface area contributed by atoms with Crippen LogP contribution in [0.3, 0.4) is 0 Å². The summed E-state index contributed by atoms with van der Waals surface area (Å²) in [5, 5.41) is 0.729. The Hall–Kier alpha value is -1.18. The second kappa shape index (κ2) is 6.61. The van der Waals surface area contributed by atoms with Crippen molar-refractivity contribution in [2.45, 2.75) is 30.7 Å². The van der Waals surface area contributed by atoms with Gasteiger partial charge in [0, 0.05) is 30.7 Å². The first-order valence-electron chi connectivity index (χ1n) is 8.49. The summed E-state index contributed by atoms with van der Waals surface area (Å²) in [6, 6.07) is 7.91. The molecule has 0 aliphatic carbocycles. The maximum absolute atomic E-state index is 12.9. The van der Waals surface area contributed by atoms with Crippen molar-refractivity contribution >= 4 is 17.5 Å². The SMILES string of the molecule is CN1CCO[C@@H]2CN(C(=O)C3CC(c4ccccc4Cl)NN3)C[C@@H]21. The number of benzene rings is 1. The zero-order valence-corrected chi connectivity index (χ0v) is 14.5. The van der Waals surface area contributed by atoms with Gasteiger partial charge in [0.25, 0.3) is 0 Å². The molecular formula is C17H23ClN4O2. The summed E-state index contributed by atoms with van der Waals surface area (Å²) in [5.41, 5.74) is 7.39. The number of hydrogen-bond acceptors (Lipinski definition) is 5. The molecule has 2 unspecified atom stereocenters. The fraction of sp³-hybridized carbons (Fsp3) is 0.588. The zero-order chi connectivity index (χ0) is 16.7. The summed E-state index contributed by atoms with van der Waals surface area (Å²) >= 11 is 6.27. The van der Waals surface area contributed by atoms with Gasteiger partial charge in [0.1, 0.15) is 6.04 Å². The predicted molar refractivity (Wildman–Crippen MR) is 91.6 cm³/mol. The van der Waals surface area contributed by atoms with Gasteiger partial charge in [-0.15, -0.1) is 0 Å². The summed E-state index contributed by atoms with van der Waals surface area (Å²) in [6.07, 6.45) is 0.840. The number of nitrogens with zero attached hydrogens (tertiary/aromatic N) is 2. The van der Waals surface area contributed by atoms with Crippen LogP contribution < -0.4 is 10.9 Å². The molecule has 3 aliphatic rings. The molecule has 7 heteroatoms. The van der Waals surface area contributed by atoms with E-state index in [0.29, 0.717) is 19.0 Å². The number of morpholine rings is 1. The van der Waals surface area contributed by atoms with Crippen molar-refractivity contribution in [1.29, 1.82) is 0 Å². The minimum atomic E-state index is -0.225. The number of ether oxygens (including phenoxy) is 1. The molecule has 1 aromatic rings. The quantitative estimate of drug-likeness (QED) is 0.826. The first kappa shape index (κ1) is 16.3. The van der Waals surface area contributed by atoms with Gasteiger partial charge in [-0.2, -0.15) is 0 Å². The van der Waals surface area contributed by atoms with Crippen molar-refractivity contribution in [1.82, 2.24) is 20.7 Å². The van der Waals surface area contributed by atoms with E-state index in [1.54, 1.807) is 0 Å². The van der Waals surface area contributed by atoms with Gasteiger partial charge < -0.3 is 9.64 Å². The van der Waals surface area contributed by atoms with E-state index in [2.05, 4.69) is 22.8 Å². The number of nitrogens with one attached hydrogen (secondary N) is 2. The molecule has 2 N–H and O–H groups in total. The molecule has 3 fully saturated rings. The molecule has 24 heavy (non-hydrogen) atoms. The highest BCUT2D eigenvalue weighted by molar-refractivity contribution is 6.31. The van der Waals surface area contributed by atoms with Crippen LogP contribution in [-0.4, -0.2) is 67.2 Å². The fourth-order valence-electron chi connectivity index (χ4n) is 3.94. The Morgan fingerprint density at radius 1 is 1.29 bits per heavy atom. The minimum Gasteiger partial charge on any atom is -0.373 e. The van der Waals surface area contributed by atoms with Crippen LogP contribution in [0.25, 0.3) is 0 Å². The third kappa shape index (κ3) is 2.93. The van der Waals surface area contributed by atoms with Crippen molar-refractivity contribution in [2.75, 3.05) is 33.3 Å². The molecule has 130 valence electrons. The number of hydrogen-bond donors (Lipinski definition) is 2. The van der Waals surface area contributed by atoms with Gasteiger partial charge in [0.05, 0.1) is 18.8 Å². The van der Waals surface area contributed by atoms with E-state index in [-0.39, 0.29) is 24.1 Å². The molecule has 0 saturated carbocycles. The number of carbonyl (C=O) groups is 1. The Balaban J connectivity index is 1.41. The van der Waals surface area contributed by atoms with Gasteiger partial charge in [-0.1, -0.05) is 29.8 Å². The lowest BCUT2D eigenvalue weighted by Gasteiger charge is -2.33. The third-order valence-electron chi connectivity index (χ3n) is 5.37. The van der Waals surface area contributed by atoms with E-state index in [1.807, 2.05) is 29.2 Å². The zero-order valence-electron chi connectivity index (χ0n) is 13.7. The van der Waals surface area contributed by atoms with Crippen LogP contribution >= 0.6 is 11.6 Å². The van der Waals surface area contributed by atoms with Crippen LogP contribution in [0.5, 0.6) is 0 Å². The number of rotatable bonds is 2. The van der Waals surface area contributed by atoms with Crippen LogP contribution in [0.1, 0.15) is 18.0 Å². The lowest BCUT2D eigenvalue weighted by atomic mass is 10.0. The highest BCUT2D eigenvalue weighted by Crippen LogP contribution is 2.30. The molecule has 6 nitrogen and oxygen atoms in total. The van der Waals surface area contributed by atoms with E-state index in [9.17, 15) is 4.79 Å². The van der Waals surface area contributed by atoms with E-state index >= 15 is 0 Å². The molecule has 4 atom stereocenters. The number of likely N-dealkylation sites (tertiary alicyclic amines) is 1. The Morgan fingerprint density at radius 2 is 2.12 bits per heavy atom. The number of amides is 1. The van der Waals surface area contributed by atoms with Crippen LogP contribution in [0, 0.1) is 0 Å². The highest BCUT2D eigenvalue weighted by atomic mass is 35.5. The normalized spacial score (nSPS) is 33.7. The van der Waals surface area contributed by atoms with Crippen LogP contribution in [0.2, 0.25) is 5.02 Å². The van der Waals surface area contributed by atoms with Gasteiger partial charge >= 0.3 is 0 Å². The molecule has 0 bridgehead atoms. The first-order chi connectivity index (χ1) is 11.6. The lowest BCUT2D eigenvalue weighted by molar-refractivity contribution is -0.132. The monoisotopic (exact) mass is 350 g/mol. The molecule has 1 amide bonds. The maximum Gasteiger partial charge on any atom is 0.241 e. The average Bonchev–Trinajstić information content (AvgIpc) is 3.22. The largest absolute Gasteiger partial charge is 0.373 e. The molecule has 1 aromatic carbocycles. The predicted octanol–water partition coefficient (Wildman–Crippen LogP) is 0.789.